The van der Waals surface area contributed by atoms with Gasteiger partial charge in [0.15, 0.2) is 5.82 Å². The van der Waals surface area contributed by atoms with Crippen LogP contribution in [0.2, 0.25) is 0 Å². The minimum absolute atomic E-state index is 0.0163. The molecule has 1 amide bonds. The SMILES string of the molecule is CCCCC(C)C(=O)Nc1nn(C)cc1CN. The zero-order chi connectivity index (χ0) is 12.8. The molecule has 1 atom stereocenters. The van der Waals surface area contributed by atoms with E-state index >= 15 is 0 Å². The Balaban J connectivity index is 2.60. The van der Waals surface area contributed by atoms with E-state index in [1.165, 1.54) is 0 Å². The molecule has 0 saturated carbocycles. The second-order valence-electron chi connectivity index (χ2n) is 4.41. The summed E-state index contributed by atoms with van der Waals surface area (Å²) in [5, 5.41) is 7.03. The largest absolute Gasteiger partial charge is 0.326 e. The first kappa shape index (κ1) is 13.7. The Morgan fingerprint density at radius 1 is 1.65 bits per heavy atom. The van der Waals surface area contributed by atoms with Gasteiger partial charge < -0.3 is 11.1 Å². The van der Waals surface area contributed by atoms with E-state index < -0.39 is 0 Å². The van der Waals surface area contributed by atoms with Gasteiger partial charge in [-0.1, -0.05) is 26.7 Å². The van der Waals surface area contributed by atoms with E-state index in [-0.39, 0.29) is 11.8 Å². The van der Waals surface area contributed by atoms with E-state index in [0.29, 0.717) is 12.4 Å². The Morgan fingerprint density at radius 3 is 2.94 bits per heavy atom. The van der Waals surface area contributed by atoms with Crippen molar-refractivity contribution in [2.24, 2.45) is 18.7 Å². The van der Waals surface area contributed by atoms with Crippen molar-refractivity contribution in [1.82, 2.24) is 9.78 Å². The summed E-state index contributed by atoms with van der Waals surface area (Å²) >= 11 is 0. The Kier molecular flexibility index (Phi) is 5.15. The van der Waals surface area contributed by atoms with Crippen LogP contribution in [0, 0.1) is 5.92 Å². The zero-order valence-electron chi connectivity index (χ0n) is 10.9. The number of unbranched alkanes of at least 4 members (excludes halogenated alkanes) is 1. The summed E-state index contributed by atoms with van der Waals surface area (Å²) in [5.74, 6) is 0.623. The Labute approximate surface area is 102 Å². The first-order valence-corrected chi connectivity index (χ1v) is 6.12. The first-order valence-electron chi connectivity index (χ1n) is 6.12. The number of hydrogen-bond acceptors (Lipinski definition) is 3. The van der Waals surface area contributed by atoms with Crippen molar-refractivity contribution in [2.45, 2.75) is 39.7 Å². The normalized spacial score (nSPS) is 12.5. The third kappa shape index (κ3) is 3.85. The van der Waals surface area contributed by atoms with Crippen LogP contribution in [0.5, 0.6) is 0 Å². The van der Waals surface area contributed by atoms with Crippen LogP contribution < -0.4 is 11.1 Å². The molecule has 5 heteroatoms. The minimum atomic E-state index is 0.0163. The zero-order valence-corrected chi connectivity index (χ0v) is 10.9. The average molecular weight is 238 g/mol. The molecule has 5 nitrogen and oxygen atoms in total. The van der Waals surface area contributed by atoms with Crippen molar-refractivity contribution in [3.8, 4) is 0 Å². The molecule has 1 unspecified atom stereocenters. The smallest absolute Gasteiger partial charge is 0.228 e. The standard InChI is InChI=1S/C12H22N4O/c1-4-5-6-9(2)12(17)14-11-10(7-13)8-16(3)15-11/h8-9H,4-7,13H2,1-3H3,(H,14,15,17). The maximum absolute atomic E-state index is 11.9. The highest BCUT2D eigenvalue weighted by Gasteiger charge is 2.15. The number of amides is 1. The average Bonchev–Trinajstić information content (AvgIpc) is 2.66. The molecule has 0 spiro atoms. The molecular formula is C12H22N4O. The van der Waals surface area contributed by atoms with Crippen molar-refractivity contribution in [1.29, 1.82) is 0 Å². The van der Waals surface area contributed by atoms with Crippen LogP contribution in [0.4, 0.5) is 5.82 Å². The van der Waals surface area contributed by atoms with Gasteiger partial charge in [0, 0.05) is 31.3 Å². The summed E-state index contributed by atoms with van der Waals surface area (Å²) in [6, 6.07) is 0. The molecule has 96 valence electrons. The monoisotopic (exact) mass is 238 g/mol. The number of hydrogen-bond donors (Lipinski definition) is 2. The maximum Gasteiger partial charge on any atom is 0.228 e. The van der Waals surface area contributed by atoms with Gasteiger partial charge in [0.2, 0.25) is 5.91 Å². The fourth-order valence-corrected chi connectivity index (χ4v) is 1.67. The van der Waals surface area contributed by atoms with E-state index in [4.69, 9.17) is 5.73 Å². The summed E-state index contributed by atoms with van der Waals surface area (Å²) < 4.78 is 1.66. The third-order valence-corrected chi connectivity index (χ3v) is 2.80. The highest BCUT2D eigenvalue weighted by atomic mass is 16.1. The van der Waals surface area contributed by atoms with Gasteiger partial charge in [0.25, 0.3) is 0 Å². The van der Waals surface area contributed by atoms with Crippen LogP contribution in [0.3, 0.4) is 0 Å². The lowest BCUT2D eigenvalue weighted by Gasteiger charge is -2.10. The lowest BCUT2D eigenvalue weighted by Crippen LogP contribution is -2.21. The summed E-state index contributed by atoms with van der Waals surface area (Å²) in [6.45, 7) is 4.44. The first-order chi connectivity index (χ1) is 8.08. The highest BCUT2D eigenvalue weighted by Crippen LogP contribution is 2.15. The number of nitrogens with two attached hydrogens (primary N) is 1. The number of anilines is 1. The topological polar surface area (TPSA) is 72.9 Å². The molecule has 1 rings (SSSR count). The Hall–Kier alpha value is -1.36. The van der Waals surface area contributed by atoms with Crippen molar-refractivity contribution < 1.29 is 4.79 Å². The number of carbonyl (C=O) groups is 1. The fourth-order valence-electron chi connectivity index (χ4n) is 1.67. The molecular weight excluding hydrogens is 216 g/mol. The fraction of sp³-hybridized carbons (Fsp3) is 0.667. The quantitative estimate of drug-likeness (QED) is 0.791. The summed E-state index contributed by atoms with van der Waals surface area (Å²) in [7, 11) is 1.81. The van der Waals surface area contributed by atoms with Crippen LogP contribution in [0.15, 0.2) is 6.20 Å². The van der Waals surface area contributed by atoms with Crippen LogP contribution in [0.25, 0.3) is 0 Å². The molecule has 0 aliphatic rings. The van der Waals surface area contributed by atoms with Gasteiger partial charge in [-0.25, -0.2) is 0 Å². The molecule has 0 fully saturated rings. The minimum Gasteiger partial charge on any atom is -0.326 e. The maximum atomic E-state index is 11.9. The molecule has 1 heterocycles. The van der Waals surface area contributed by atoms with Gasteiger partial charge in [0.05, 0.1) is 0 Å². The predicted octanol–water partition coefficient (Wildman–Crippen LogP) is 1.64. The van der Waals surface area contributed by atoms with Gasteiger partial charge in [0.1, 0.15) is 0 Å². The highest BCUT2D eigenvalue weighted by molar-refractivity contribution is 5.91. The summed E-state index contributed by atoms with van der Waals surface area (Å²) in [6.07, 6.45) is 4.91. The van der Waals surface area contributed by atoms with Gasteiger partial charge in [-0.2, -0.15) is 5.10 Å². The lowest BCUT2D eigenvalue weighted by atomic mass is 10.0. The van der Waals surface area contributed by atoms with Crippen LogP contribution in [0.1, 0.15) is 38.7 Å². The second kappa shape index (κ2) is 6.39. The van der Waals surface area contributed by atoms with Crippen LogP contribution >= 0.6 is 0 Å². The Morgan fingerprint density at radius 2 is 2.35 bits per heavy atom. The molecule has 0 radical (unpaired) electrons. The van der Waals surface area contributed by atoms with Crippen LogP contribution in [-0.2, 0) is 18.4 Å². The molecule has 1 aromatic rings. The molecule has 3 N–H and O–H groups in total. The number of nitrogens with zero attached hydrogens (tertiary/aromatic N) is 2. The molecule has 0 aromatic carbocycles. The Bertz CT molecular complexity index is 373. The number of rotatable bonds is 6. The molecule has 0 aliphatic heterocycles. The second-order valence-corrected chi connectivity index (χ2v) is 4.41. The van der Waals surface area contributed by atoms with Crippen molar-refractivity contribution in [2.75, 3.05) is 5.32 Å². The number of carbonyl (C=O) groups excluding carboxylic acids is 1. The lowest BCUT2D eigenvalue weighted by molar-refractivity contribution is -0.119. The van der Waals surface area contributed by atoms with Gasteiger partial charge in [-0.3, -0.25) is 9.48 Å². The van der Waals surface area contributed by atoms with Crippen LogP contribution in [-0.4, -0.2) is 15.7 Å². The summed E-state index contributed by atoms with van der Waals surface area (Å²) in [4.78, 5) is 11.9. The van der Waals surface area contributed by atoms with E-state index in [0.717, 1.165) is 24.8 Å². The predicted molar refractivity (Wildman–Crippen MR) is 68.4 cm³/mol. The molecule has 0 aliphatic carbocycles. The van der Waals surface area contributed by atoms with E-state index in [9.17, 15) is 4.79 Å². The van der Waals surface area contributed by atoms with Gasteiger partial charge >= 0.3 is 0 Å². The van der Waals surface area contributed by atoms with Crippen molar-refractivity contribution in [3.05, 3.63) is 11.8 Å². The van der Waals surface area contributed by atoms with Crippen molar-refractivity contribution >= 4 is 11.7 Å². The molecule has 0 bridgehead atoms. The number of aromatic nitrogens is 2. The third-order valence-electron chi connectivity index (χ3n) is 2.80. The van der Waals surface area contributed by atoms with E-state index in [1.807, 2.05) is 20.2 Å². The molecule has 17 heavy (non-hydrogen) atoms. The van der Waals surface area contributed by atoms with E-state index in [2.05, 4.69) is 17.3 Å². The number of nitrogens with one attached hydrogen (secondary N) is 1. The molecule has 1 aromatic heterocycles. The van der Waals surface area contributed by atoms with Crippen molar-refractivity contribution in [3.63, 3.8) is 0 Å². The van der Waals surface area contributed by atoms with Gasteiger partial charge in [-0.15, -0.1) is 0 Å². The van der Waals surface area contributed by atoms with Gasteiger partial charge in [-0.05, 0) is 6.42 Å². The number of aryl methyl sites for hydroxylation is 1. The summed E-state index contributed by atoms with van der Waals surface area (Å²) in [5.41, 5.74) is 6.46. The van der Waals surface area contributed by atoms with E-state index in [1.54, 1.807) is 4.68 Å². The molecule has 0 saturated heterocycles.